The maximum Gasteiger partial charge on any atom is 0.234 e. The molecule has 5 nitrogen and oxygen atoms in total. The number of aromatic nitrogens is 1. The number of fused-ring (bicyclic) bond motifs is 1. The Morgan fingerprint density at radius 3 is 2.74 bits per heavy atom. The van der Waals surface area contributed by atoms with Crippen LogP contribution in [0.15, 0.2) is 30.5 Å². The molecule has 2 aromatic rings. The third-order valence-electron chi connectivity index (χ3n) is 8.07. The molecule has 5 rings (SSSR count). The zero-order chi connectivity index (χ0) is 21.0. The molecule has 5 heteroatoms. The number of nitrogens with zero attached hydrogens (tertiary/aromatic N) is 1. The summed E-state index contributed by atoms with van der Waals surface area (Å²) in [6.45, 7) is 3.59. The molecular weight excluding hydrogens is 384 g/mol. The van der Waals surface area contributed by atoms with E-state index in [9.17, 15) is 4.79 Å². The molecule has 3 fully saturated rings. The lowest BCUT2D eigenvalue weighted by atomic mass is 9.79. The SMILES string of the molecule is O=C(CN1CCNCC1C1CCCCC1)NC1CCCCC1c1c[nH]c2ccccc12. The molecule has 1 aliphatic heterocycles. The first-order valence-corrected chi connectivity index (χ1v) is 12.6. The highest BCUT2D eigenvalue weighted by atomic mass is 16.2. The molecule has 31 heavy (non-hydrogen) atoms. The number of nitrogens with one attached hydrogen (secondary N) is 3. The van der Waals surface area contributed by atoms with Crippen LogP contribution >= 0.6 is 0 Å². The lowest BCUT2D eigenvalue weighted by molar-refractivity contribution is -0.124. The van der Waals surface area contributed by atoms with E-state index in [0.717, 1.165) is 38.4 Å². The number of rotatable bonds is 5. The first kappa shape index (κ1) is 21.0. The normalized spacial score (nSPS) is 28.6. The second kappa shape index (κ2) is 9.74. The van der Waals surface area contributed by atoms with Crippen LogP contribution in [0.2, 0.25) is 0 Å². The van der Waals surface area contributed by atoms with Crippen LogP contribution in [-0.4, -0.2) is 54.1 Å². The molecule has 3 atom stereocenters. The van der Waals surface area contributed by atoms with Gasteiger partial charge in [-0.1, -0.05) is 50.3 Å². The third-order valence-corrected chi connectivity index (χ3v) is 8.07. The zero-order valence-electron chi connectivity index (χ0n) is 18.7. The Kier molecular flexibility index (Phi) is 6.61. The summed E-state index contributed by atoms with van der Waals surface area (Å²) in [4.78, 5) is 19.1. The summed E-state index contributed by atoms with van der Waals surface area (Å²) in [6.07, 6.45) is 13.6. The van der Waals surface area contributed by atoms with E-state index in [1.807, 2.05) is 0 Å². The standard InChI is InChI=1S/C26H38N4O/c31-26(18-30-15-14-27-17-25(30)19-8-2-1-3-9-19)29-24-13-7-5-11-21(24)22-16-28-23-12-6-4-10-20(22)23/h4,6,10,12,16,19,21,24-25,27-28H,1-3,5,7-9,11,13-15,17-18H2,(H,29,31). The van der Waals surface area contributed by atoms with E-state index in [1.165, 1.54) is 61.4 Å². The Labute approximate surface area is 186 Å². The van der Waals surface area contributed by atoms with Crippen molar-refractivity contribution in [2.24, 2.45) is 5.92 Å². The van der Waals surface area contributed by atoms with Gasteiger partial charge in [-0.05, 0) is 43.2 Å². The van der Waals surface area contributed by atoms with Crippen LogP contribution < -0.4 is 10.6 Å². The number of piperazine rings is 1. The van der Waals surface area contributed by atoms with Crippen molar-refractivity contribution in [2.45, 2.75) is 75.8 Å². The van der Waals surface area contributed by atoms with E-state index in [0.29, 0.717) is 18.5 Å². The molecule has 2 aliphatic carbocycles. The van der Waals surface area contributed by atoms with Crippen molar-refractivity contribution in [1.82, 2.24) is 20.5 Å². The molecule has 0 bridgehead atoms. The summed E-state index contributed by atoms with van der Waals surface area (Å²) in [5, 5.41) is 8.37. The molecule has 3 N–H and O–H groups in total. The van der Waals surface area contributed by atoms with Gasteiger partial charge in [0.2, 0.25) is 5.91 Å². The van der Waals surface area contributed by atoms with Crippen molar-refractivity contribution in [3.63, 3.8) is 0 Å². The van der Waals surface area contributed by atoms with E-state index in [2.05, 4.69) is 51.0 Å². The summed E-state index contributed by atoms with van der Waals surface area (Å²) in [5.41, 5.74) is 2.58. The summed E-state index contributed by atoms with van der Waals surface area (Å²) in [7, 11) is 0. The Hall–Kier alpha value is -1.85. The number of carbonyl (C=O) groups is 1. The molecule has 2 saturated carbocycles. The van der Waals surface area contributed by atoms with Crippen molar-refractivity contribution in [3.05, 3.63) is 36.0 Å². The number of H-pyrrole nitrogens is 1. The van der Waals surface area contributed by atoms with Gasteiger partial charge >= 0.3 is 0 Å². The molecule has 3 unspecified atom stereocenters. The van der Waals surface area contributed by atoms with Gasteiger partial charge in [-0.25, -0.2) is 0 Å². The molecule has 2 heterocycles. The molecule has 168 valence electrons. The van der Waals surface area contributed by atoms with Gasteiger partial charge < -0.3 is 15.6 Å². The molecule has 0 radical (unpaired) electrons. The summed E-state index contributed by atoms with van der Waals surface area (Å²) < 4.78 is 0. The number of amides is 1. The van der Waals surface area contributed by atoms with Gasteiger partial charge in [-0.2, -0.15) is 0 Å². The monoisotopic (exact) mass is 422 g/mol. The molecule has 3 aliphatic rings. The Balaban J connectivity index is 1.26. The van der Waals surface area contributed by atoms with E-state index in [-0.39, 0.29) is 11.9 Å². The van der Waals surface area contributed by atoms with Crippen molar-refractivity contribution >= 4 is 16.8 Å². The maximum atomic E-state index is 13.2. The minimum Gasteiger partial charge on any atom is -0.361 e. The zero-order valence-corrected chi connectivity index (χ0v) is 18.7. The van der Waals surface area contributed by atoms with E-state index in [1.54, 1.807) is 0 Å². The Morgan fingerprint density at radius 2 is 1.84 bits per heavy atom. The Morgan fingerprint density at radius 1 is 1.03 bits per heavy atom. The quantitative estimate of drug-likeness (QED) is 0.678. The first-order valence-electron chi connectivity index (χ1n) is 12.6. The van der Waals surface area contributed by atoms with Gasteiger partial charge in [0.15, 0.2) is 0 Å². The largest absolute Gasteiger partial charge is 0.361 e. The topological polar surface area (TPSA) is 60.2 Å². The van der Waals surface area contributed by atoms with Gasteiger partial charge in [0.05, 0.1) is 6.54 Å². The van der Waals surface area contributed by atoms with Crippen molar-refractivity contribution in [3.8, 4) is 0 Å². The second-order valence-electron chi connectivity index (χ2n) is 9.99. The lowest BCUT2D eigenvalue weighted by Gasteiger charge is -2.42. The number of hydrogen-bond donors (Lipinski definition) is 3. The van der Waals surface area contributed by atoms with Gasteiger partial charge in [-0.3, -0.25) is 9.69 Å². The fraction of sp³-hybridized carbons (Fsp3) is 0.654. The number of hydrogen-bond acceptors (Lipinski definition) is 3. The lowest BCUT2D eigenvalue weighted by Crippen LogP contribution is -2.57. The van der Waals surface area contributed by atoms with E-state index in [4.69, 9.17) is 0 Å². The van der Waals surface area contributed by atoms with E-state index < -0.39 is 0 Å². The van der Waals surface area contributed by atoms with Crippen LogP contribution in [0.25, 0.3) is 10.9 Å². The van der Waals surface area contributed by atoms with Gasteiger partial charge in [0.25, 0.3) is 0 Å². The highest BCUT2D eigenvalue weighted by Gasteiger charge is 2.33. The summed E-state index contributed by atoms with van der Waals surface area (Å²) >= 11 is 0. The molecule has 1 saturated heterocycles. The fourth-order valence-electron chi connectivity index (χ4n) is 6.46. The maximum absolute atomic E-state index is 13.2. The molecule has 1 aromatic heterocycles. The van der Waals surface area contributed by atoms with E-state index >= 15 is 0 Å². The van der Waals surface area contributed by atoms with Crippen LogP contribution in [-0.2, 0) is 4.79 Å². The summed E-state index contributed by atoms with van der Waals surface area (Å²) in [5.74, 6) is 1.38. The number of aromatic amines is 1. The second-order valence-corrected chi connectivity index (χ2v) is 9.99. The van der Waals surface area contributed by atoms with Crippen LogP contribution in [0.4, 0.5) is 0 Å². The predicted octanol–water partition coefficient (Wildman–Crippen LogP) is 4.16. The van der Waals surface area contributed by atoms with Crippen molar-refractivity contribution in [1.29, 1.82) is 0 Å². The first-order chi connectivity index (χ1) is 15.3. The smallest absolute Gasteiger partial charge is 0.234 e. The molecule has 1 aromatic carbocycles. The minimum atomic E-state index is 0.222. The summed E-state index contributed by atoms with van der Waals surface area (Å²) in [6, 6.07) is 9.33. The molecule has 0 spiro atoms. The fourth-order valence-corrected chi connectivity index (χ4v) is 6.46. The highest BCUT2D eigenvalue weighted by Crippen LogP contribution is 2.37. The van der Waals surface area contributed by atoms with Gasteiger partial charge in [-0.15, -0.1) is 0 Å². The van der Waals surface area contributed by atoms with Crippen molar-refractivity contribution < 1.29 is 4.79 Å². The third kappa shape index (κ3) is 4.68. The van der Waals surface area contributed by atoms with Crippen LogP contribution in [0.5, 0.6) is 0 Å². The molecule has 1 amide bonds. The van der Waals surface area contributed by atoms with Crippen LogP contribution in [0.3, 0.4) is 0 Å². The number of benzene rings is 1. The average molecular weight is 423 g/mol. The van der Waals surface area contributed by atoms with Crippen LogP contribution in [0.1, 0.15) is 69.3 Å². The van der Waals surface area contributed by atoms with Crippen molar-refractivity contribution in [2.75, 3.05) is 26.2 Å². The minimum absolute atomic E-state index is 0.222. The van der Waals surface area contributed by atoms with Gasteiger partial charge in [0, 0.05) is 54.7 Å². The average Bonchev–Trinajstić information content (AvgIpc) is 3.24. The number of para-hydroxylation sites is 1. The van der Waals surface area contributed by atoms with Crippen LogP contribution in [0, 0.1) is 5.92 Å². The highest BCUT2D eigenvalue weighted by molar-refractivity contribution is 5.84. The Bertz CT molecular complexity index is 871. The predicted molar refractivity (Wildman–Crippen MR) is 126 cm³/mol. The molecular formula is C26H38N4O. The van der Waals surface area contributed by atoms with Gasteiger partial charge in [0.1, 0.15) is 0 Å². The number of carbonyl (C=O) groups excluding carboxylic acids is 1.